The van der Waals surface area contributed by atoms with Crippen LogP contribution in [0.15, 0.2) is 6.07 Å². The normalized spacial score (nSPS) is 18.8. The molecule has 0 bridgehead atoms. The number of hydrogen-bond donors (Lipinski definition) is 0. The summed E-state index contributed by atoms with van der Waals surface area (Å²) in [6.45, 7) is 17.2. The van der Waals surface area contributed by atoms with Gasteiger partial charge in [0.2, 0.25) is 5.91 Å². The Morgan fingerprint density at radius 2 is 1.62 bits per heavy atom. The Morgan fingerprint density at radius 3 is 2.18 bits per heavy atom. The molecular weight excluding hydrogens is 428 g/mol. The van der Waals surface area contributed by atoms with Crippen molar-refractivity contribution in [1.29, 1.82) is 0 Å². The predicted octanol–water partition coefficient (Wildman–Crippen LogP) is 3.24. The quantitative estimate of drug-likeness (QED) is 0.691. The van der Waals surface area contributed by atoms with Crippen LogP contribution in [0.2, 0.25) is 0 Å². The minimum Gasteiger partial charge on any atom is -0.340 e. The molecule has 0 radical (unpaired) electrons. The molecule has 8 nitrogen and oxygen atoms in total. The maximum atomic E-state index is 13.8. The van der Waals surface area contributed by atoms with E-state index in [4.69, 9.17) is 10.1 Å². The lowest BCUT2D eigenvalue weighted by Gasteiger charge is -2.37. The fourth-order valence-electron chi connectivity index (χ4n) is 5.03. The van der Waals surface area contributed by atoms with Crippen LogP contribution < -0.4 is 0 Å². The molecule has 4 heterocycles. The van der Waals surface area contributed by atoms with E-state index < -0.39 is 0 Å². The zero-order valence-corrected chi connectivity index (χ0v) is 21.9. The number of aromatic nitrogens is 3. The van der Waals surface area contributed by atoms with Crippen LogP contribution in [-0.2, 0) is 10.3 Å². The van der Waals surface area contributed by atoms with Gasteiger partial charge >= 0.3 is 0 Å². The molecule has 0 aliphatic carbocycles. The summed E-state index contributed by atoms with van der Waals surface area (Å²) in [5.74, 6) is 0.500. The van der Waals surface area contributed by atoms with Crippen molar-refractivity contribution in [2.75, 3.05) is 46.3 Å². The number of likely N-dealkylation sites (tertiary alicyclic amines) is 1. The van der Waals surface area contributed by atoms with E-state index in [0.29, 0.717) is 18.7 Å². The highest BCUT2D eigenvalue weighted by Crippen LogP contribution is 2.31. The number of aryl methyl sites for hydroxylation is 1. The van der Waals surface area contributed by atoms with Crippen LogP contribution in [-0.4, -0.2) is 87.6 Å². The van der Waals surface area contributed by atoms with Crippen LogP contribution in [0.25, 0.3) is 11.0 Å². The molecule has 0 unspecified atom stereocenters. The number of fused-ring (bicyclic) bond motifs is 1. The molecule has 2 saturated heterocycles. The molecule has 0 aromatic carbocycles. The summed E-state index contributed by atoms with van der Waals surface area (Å²) in [4.78, 5) is 37.9. The SMILES string of the molecule is Cc1nn(C(C)(C)C)c2nc(C(C)C)cc(C(=O)N3CCC(C(=O)N4CCN(C)CC4)CC3)c12. The predicted molar refractivity (Wildman–Crippen MR) is 134 cm³/mol. The number of amides is 2. The average Bonchev–Trinajstić information content (AvgIpc) is 3.15. The van der Waals surface area contributed by atoms with Gasteiger partial charge in [0, 0.05) is 50.9 Å². The molecule has 2 fully saturated rings. The molecule has 0 saturated carbocycles. The molecule has 34 heavy (non-hydrogen) atoms. The standard InChI is InChI=1S/C26H40N6O2/c1-17(2)21-16-20(22-18(3)28-32(23(22)27-21)26(4,5)6)25(34)30-10-8-19(9-11-30)24(33)31-14-12-29(7)13-15-31/h16-17,19H,8-15H2,1-7H3. The summed E-state index contributed by atoms with van der Waals surface area (Å²) in [6.07, 6.45) is 1.45. The van der Waals surface area contributed by atoms with E-state index in [1.54, 1.807) is 0 Å². The maximum absolute atomic E-state index is 13.8. The van der Waals surface area contributed by atoms with E-state index in [-0.39, 0.29) is 29.2 Å². The number of hydrogen-bond acceptors (Lipinski definition) is 5. The smallest absolute Gasteiger partial charge is 0.254 e. The molecule has 186 valence electrons. The highest BCUT2D eigenvalue weighted by atomic mass is 16.2. The molecule has 2 aliphatic rings. The average molecular weight is 469 g/mol. The van der Waals surface area contributed by atoms with Crippen molar-refractivity contribution in [2.45, 2.75) is 65.8 Å². The number of pyridine rings is 1. The molecule has 8 heteroatoms. The van der Waals surface area contributed by atoms with Crippen LogP contribution >= 0.6 is 0 Å². The Kier molecular flexibility index (Phi) is 6.73. The fourth-order valence-corrected chi connectivity index (χ4v) is 5.03. The maximum Gasteiger partial charge on any atom is 0.254 e. The van der Waals surface area contributed by atoms with E-state index in [9.17, 15) is 9.59 Å². The van der Waals surface area contributed by atoms with Crippen molar-refractivity contribution in [3.05, 3.63) is 23.0 Å². The number of carbonyl (C=O) groups is 2. The minimum atomic E-state index is -0.239. The second-order valence-corrected chi connectivity index (χ2v) is 11.3. The van der Waals surface area contributed by atoms with Gasteiger partial charge in [0.25, 0.3) is 5.91 Å². The number of carbonyl (C=O) groups excluding carboxylic acids is 2. The Morgan fingerprint density at radius 1 is 1.00 bits per heavy atom. The molecule has 2 aromatic heterocycles. The topological polar surface area (TPSA) is 74.6 Å². The van der Waals surface area contributed by atoms with Crippen molar-refractivity contribution >= 4 is 22.8 Å². The number of piperazine rings is 1. The number of rotatable bonds is 3. The second kappa shape index (κ2) is 9.29. The van der Waals surface area contributed by atoms with Gasteiger partial charge < -0.3 is 14.7 Å². The summed E-state index contributed by atoms with van der Waals surface area (Å²) in [6, 6.07) is 1.96. The fraction of sp³-hybridized carbons (Fsp3) is 0.692. The molecule has 2 aliphatic heterocycles. The first-order valence-electron chi connectivity index (χ1n) is 12.6. The van der Waals surface area contributed by atoms with Crippen LogP contribution in [0.3, 0.4) is 0 Å². The lowest BCUT2D eigenvalue weighted by molar-refractivity contribution is -0.138. The zero-order valence-electron chi connectivity index (χ0n) is 21.9. The van der Waals surface area contributed by atoms with Crippen molar-refractivity contribution in [3.63, 3.8) is 0 Å². The first kappa shape index (κ1) is 24.6. The van der Waals surface area contributed by atoms with Crippen molar-refractivity contribution in [3.8, 4) is 0 Å². The van der Waals surface area contributed by atoms with E-state index in [0.717, 1.165) is 61.4 Å². The first-order valence-corrected chi connectivity index (χ1v) is 12.6. The Hall–Kier alpha value is -2.48. The summed E-state index contributed by atoms with van der Waals surface area (Å²) in [5.41, 5.74) is 2.96. The molecule has 0 spiro atoms. The molecule has 0 atom stereocenters. The van der Waals surface area contributed by atoms with Crippen molar-refractivity contribution in [2.24, 2.45) is 5.92 Å². The van der Waals surface area contributed by atoms with Crippen LogP contribution in [0.5, 0.6) is 0 Å². The lowest BCUT2D eigenvalue weighted by Crippen LogP contribution is -2.51. The summed E-state index contributed by atoms with van der Waals surface area (Å²) >= 11 is 0. The van der Waals surface area contributed by atoms with E-state index >= 15 is 0 Å². The second-order valence-electron chi connectivity index (χ2n) is 11.3. The van der Waals surface area contributed by atoms with Crippen LogP contribution in [0.1, 0.15) is 75.1 Å². The molecule has 2 amide bonds. The van der Waals surface area contributed by atoms with Crippen LogP contribution in [0.4, 0.5) is 0 Å². The largest absolute Gasteiger partial charge is 0.340 e. The monoisotopic (exact) mass is 468 g/mol. The molecular formula is C26H40N6O2. The highest BCUT2D eigenvalue weighted by Gasteiger charge is 2.33. The number of nitrogens with zero attached hydrogens (tertiary/aromatic N) is 6. The Bertz CT molecular complexity index is 1070. The lowest BCUT2D eigenvalue weighted by atomic mass is 9.94. The Labute approximate surface area is 203 Å². The minimum absolute atomic E-state index is 0.0153. The van der Waals surface area contributed by atoms with Crippen LogP contribution in [0, 0.1) is 12.8 Å². The van der Waals surface area contributed by atoms with Gasteiger partial charge in [-0.3, -0.25) is 9.59 Å². The number of piperidine rings is 1. The molecule has 2 aromatic rings. The third kappa shape index (κ3) is 4.69. The van der Waals surface area contributed by atoms with Gasteiger partial charge in [-0.05, 0) is 59.6 Å². The summed E-state index contributed by atoms with van der Waals surface area (Å²) < 4.78 is 1.95. The number of likely N-dealkylation sites (N-methyl/N-ethyl adjacent to an activating group) is 1. The summed E-state index contributed by atoms with van der Waals surface area (Å²) in [7, 11) is 2.10. The third-order valence-electron chi connectivity index (χ3n) is 7.24. The van der Waals surface area contributed by atoms with E-state index in [1.165, 1.54) is 0 Å². The highest BCUT2D eigenvalue weighted by molar-refractivity contribution is 6.06. The van der Waals surface area contributed by atoms with Crippen molar-refractivity contribution < 1.29 is 9.59 Å². The van der Waals surface area contributed by atoms with Gasteiger partial charge in [0.1, 0.15) is 0 Å². The first-order chi connectivity index (χ1) is 16.0. The summed E-state index contributed by atoms with van der Waals surface area (Å²) in [5, 5.41) is 5.62. The van der Waals surface area contributed by atoms with Gasteiger partial charge in [-0.2, -0.15) is 5.10 Å². The molecule has 4 rings (SSSR count). The van der Waals surface area contributed by atoms with Crippen molar-refractivity contribution in [1.82, 2.24) is 29.5 Å². The Balaban J connectivity index is 1.56. The van der Waals surface area contributed by atoms with E-state index in [2.05, 4.69) is 46.6 Å². The van der Waals surface area contributed by atoms with E-state index in [1.807, 2.05) is 27.5 Å². The molecule has 0 N–H and O–H groups in total. The van der Waals surface area contributed by atoms with Gasteiger partial charge in [-0.15, -0.1) is 0 Å². The van der Waals surface area contributed by atoms with Gasteiger partial charge in [-0.1, -0.05) is 13.8 Å². The third-order valence-corrected chi connectivity index (χ3v) is 7.24. The van der Waals surface area contributed by atoms with Gasteiger partial charge in [-0.25, -0.2) is 9.67 Å². The zero-order chi connectivity index (χ0) is 24.8. The van der Waals surface area contributed by atoms with Gasteiger partial charge in [0.05, 0.1) is 22.2 Å². The van der Waals surface area contributed by atoms with Gasteiger partial charge in [0.15, 0.2) is 5.65 Å².